The van der Waals surface area contributed by atoms with Crippen LogP contribution in [0.4, 0.5) is 0 Å². The first-order valence-corrected chi connectivity index (χ1v) is 20.6. The fourth-order valence-corrected chi connectivity index (χ4v) is 8.12. The molecule has 5 fully saturated rings. The number of aliphatic hydroxyl groups excluding tert-OH is 14. The predicted molar refractivity (Wildman–Crippen MR) is 201 cm³/mol. The highest BCUT2D eigenvalue weighted by molar-refractivity contribution is 5.74. The Hall–Kier alpha value is -2.51. The van der Waals surface area contributed by atoms with Crippen molar-refractivity contribution in [3.8, 4) is 0 Å². The maximum atomic E-state index is 12.4. The zero-order valence-electron chi connectivity index (χ0n) is 35.1. The Bertz CT molecular complexity index is 1560. The van der Waals surface area contributed by atoms with E-state index in [-0.39, 0.29) is 0 Å². The van der Waals surface area contributed by atoms with Crippen LogP contribution in [0.1, 0.15) is 20.8 Å². The summed E-state index contributed by atoms with van der Waals surface area (Å²) in [5.41, 5.74) is 0. The Balaban J connectivity index is 1.34. The van der Waals surface area contributed by atoms with Gasteiger partial charge in [-0.2, -0.15) is 0 Å². The molecule has 0 unspecified atom stereocenters. The van der Waals surface area contributed by atoms with Gasteiger partial charge >= 0.3 is 0 Å². The molecule has 5 rings (SSSR count). The Morgan fingerprint density at radius 3 is 1.31 bits per heavy atom. The minimum atomic E-state index is -2.11. The lowest BCUT2D eigenvalue weighted by Gasteiger charge is -2.49. The first-order chi connectivity index (χ1) is 30.7. The zero-order valence-corrected chi connectivity index (χ0v) is 35.1. The number of ether oxygens (including phenoxy) is 9. The number of carbonyl (C=O) groups is 3. The van der Waals surface area contributed by atoms with Crippen molar-refractivity contribution in [2.75, 3.05) is 33.0 Å². The molecule has 29 nitrogen and oxygen atoms in total. The number of hydrogen-bond donors (Lipinski definition) is 17. The summed E-state index contributed by atoms with van der Waals surface area (Å²) in [7, 11) is 0. The molecule has 5 aliphatic rings. The van der Waals surface area contributed by atoms with Gasteiger partial charge in [0, 0.05) is 20.8 Å². The SMILES string of the molecule is CC(=O)N[C@@H]1[C@@H](O)[C@H](O[C@@H]2O[C@H](CO)[C@@H](O[C@H]3O[C@H](CO[C@@H]4O[C@H](CO)[C@@H](O)[C@H](O)[C@@H]4O[C@H]4O[C@H](CO)[C@@H](O)[C@H](O)[C@H]4NC(C)=O)[C@@H](O)[C@H](O)[C@@H]3O)[C@H](O)[C@H]2NC(C)=O)[C@@H](CO)O[C@H]1O. The molecule has 5 aliphatic heterocycles. The molecule has 29 heteroatoms. The van der Waals surface area contributed by atoms with E-state index in [1.54, 1.807) is 0 Å². The first-order valence-electron chi connectivity index (χ1n) is 20.6. The molecule has 0 radical (unpaired) electrons. The Kier molecular flexibility index (Phi) is 19.1. The van der Waals surface area contributed by atoms with E-state index < -0.39 is 204 Å². The molecule has 5 saturated heterocycles. The summed E-state index contributed by atoms with van der Waals surface area (Å²) in [5, 5.41) is 156. The van der Waals surface area contributed by atoms with E-state index in [0.29, 0.717) is 0 Å². The van der Waals surface area contributed by atoms with Crippen LogP contribution < -0.4 is 16.0 Å². The van der Waals surface area contributed by atoms with Gasteiger partial charge in [-0.15, -0.1) is 0 Å². The molecule has 5 heterocycles. The van der Waals surface area contributed by atoms with E-state index in [2.05, 4.69) is 16.0 Å². The lowest BCUT2D eigenvalue weighted by molar-refractivity contribution is -0.373. The van der Waals surface area contributed by atoms with E-state index in [1.807, 2.05) is 0 Å². The van der Waals surface area contributed by atoms with Crippen molar-refractivity contribution in [2.24, 2.45) is 0 Å². The maximum Gasteiger partial charge on any atom is 0.217 e. The Morgan fingerprint density at radius 1 is 0.400 bits per heavy atom. The molecule has 25 atom stereocenters. The molecule has 0 aliphatic carbocycles. The van der Waals surface area contributed by atoms with Gasteiger partial charge in [0.15, 0.2) is 31.5 Å². The predicted octanol–water partition coefficient (Wildman–Crippen LogP) is -11.5. The molecule has 0 aromatic rings. The quantitative estimate of drug-likeness (QED) is 0.0683. The number of hydrogen-bond acceptors (Lipinski definition) is 26. The molecule has 3 amide bonds. The standard InChI is InChI=1S/C36H61N3O26/c1-9(44)37-17-24(51)29(14(6-42)58-32(17)56)63-34-19(39-11(3)46)25(52)30(15(7-43)61-34)64-35-28(55)26(53)22(49)16(62-35)8-57-36-31(27(54)21(48)13(5-41)60-36)65-33-18(38-10(2)45)23(50)20(47)12(4-40)59-33/h12-36,40-43,47-56H,4-8H2,1-3H3,(H,37,44)(H,38,45)(H,39,46)/t12-,13-,14-,15-,16-,17-,18-,19-,20-,21-,22-,23-,24-,25-,26+,27+,28+,29-,30-,31+,32-,33-,34+,35-,36-/m1/s1. The minimum Gasteiger partial charge on any atom is -0.394 e. The van der Waals surface area contributed by atoms with Crippen LogP contribution in [0.3, 0.4) is 0 Å². The third-order valence-corrected chi connectivity index (χ3v) is 11.5. The lowest BCUT2D eigenvalue weighted by atomic mass is 9.94. The number of amides is 3. The monoisotopic (exact) mass is 951 g/mol. The number of rotatable bonds is 16. The smallest absolute Gasteiger partial charge is 0.217 e. The summed E-state index contributed by atoms with van der Waals surface area (Å²) in [5.74, 6) is -2.19. The third-order valence-electron chi connectivity index (χ3n) is 11.5. The molecule has 0 spiro atoms. The van der Waals surface area contributed by atoms with Crippen molar-refractivity contribution in [3.63, 3.8) is 0 Å². The molecule has 0 aromatic carbocycles. The highest BCUT2D eigenvalue weighted by Crippen LogP contribution is 2.34. The average molecular weight is 952 g/mol. The van der Waals surface area contributed by atoms with Gasteiger partial charge in [-0.1, -0.05) is 0 Å². The molecular formula is C36H61N3O26. The van der Waals surface area contributed by atoms with Crippen LogP contribution >= 0.6 is 0 Å². The van der Waals surface area contributed by atoms with Crippen molar-refractivity contribution >= 4 is 17.7 Å². The van der Waals surface area contributed by atoms with Gasteiger partial charge in [-0.25, -0.2) is 0 Å². The Morgan fingerprint density at radius 2 is 0.785 bits per heavy atom. The van der Waals surface area contributed by atoms with E-state index in [4.69, 9.17) is 42.6 Å². The van der Waals surface area contributed by atoms with Gasteiger partial charge in [0.2, 0.25) is 17.7 Å². The van der Waals surface area contributed by atoms with E-state index in [1.165, 1.54) is 0 Å². The third kappa shape index (κ3) is 12.0. The highest BCUT2D eigenvalue weighted by Gasteiger charge is 2.56. The molecule has 65 heavy (non-hydrogen) atoms. The Labute approximate surface area is 369 Å². The largest absolute Gasteiger partial charge is 0.394 e. The summed E-state index contributed by atoms with van der Waals surface area (Å²) in [6.07, 6.45) is -39.6. The summed E-state index contributed by atoms with van der Waals surface area (Å²) < 4.78 is 51.5. The van der Waals surface area contributed by atoms with Gasteiger partial charge in [0.25, 0.3) is 0 Å². The van der Waals surface area contributed by atoms with Crippen molar-refractivity contribution in [2.45, 2.75) is 174 Å². The van der Waals surface area contributed by atoms with Crippen molar-refractivity contribution in [1.29, 1.82) is 0 Å². The van der Waals surface area contributed by atoms with Gasteiger partial charge in [0.05, 0.1) is 33.0 Å². The van der Waals surface area contributed by atoms with E-state index in [0.717, 1.165) is 20.8 Å². The van der Waals surface area contributed by atoms with Crippen LogP contribution in [0, 0.1) is 0 Å². The summed E-state index contributed by atoms with van der Waals surface area (Å²) in [4.78, 5) is 36.1. The van der Waals surface area contributed by atoms with Crippen LogP contribution in [-0.4, -0.2) is 276 Å². The first kappa shape index (κ1) is 53.4. The minimum absolute atomic E-state index is 0.684. The molecule has 376 valence electrons. The van der Waals surface area contributed by atoms with Gasteiger partial charge in [-0.05, 0) is 0 Å². The van der Waals surface area contributed by atoms with Crippen LogP contribution in [0.2, 0.25) is 0 Å². The fraction of sp³-hybridized carbons (Fsp3) is 0.917. The van der Waals surface area contributed by atoms with E-state index in [9.17, 15) is 85.9 Å². The maximum absolute atomic E-state index is 12.4. The van der Waals surface area contributed by atoms with Crippen LogP contribution in [-0.2, 0) is 57.0 Å². The number of nitrogens with one attached hydrogen (secondary N) is 3. The van der Waals surface area contributed by atoms with Gasteiger partial charge < -0.3 is 130 Å². The lowest BCUT2D eigenvalue weighted by Crippen LogP contribution is -2.70. The van der Waals surface area contributed by atoms with Gasteiger partial charge in [0.1, 0.15) is 122 Å². The van der Waals surface area contributed by atoms with Crippen LogP contribution in [0.15, 0.2) is 0 Å². The fourth-order valence-electron chi connectivity index (χ4n) is 8.12. The number of aliphatic hydroxyl groups is 14. The highest BCUT2D eigenvalue weighted by atomic mass is 16.8. The van der Waals surface area contributed by atoms with Crippen molar-refractivity contribution in [1.82, 2.24) is 16.0 Å². The molecule has 0 bridgehead atoms. The van der Waals surface area contributed by atoms with Crippen LogP contribution in [0.25, 0.3) is 0 Å². The van der Waals surface area contributed by atoms with Gasteiger partial charge in [-0.3, -0.25) is 14.4 Å². The summed E-state index contributed by atoms with van der Waals surface area (Å²) in [6.45, 7) is -1.20. The molecule has 0 saturated carbocycles. The van der Waals surface area contributed by atoms with E-state index >= 15 is 0 Å². The number of carbonyl (C=O) groups excluding carboxylic acids is 3. The van der Waals surface area contributed by atoms with Crippen molar-refractivity contribution < 1.29 is 129 Å². The summed E-state index contributed by atoms with van der Waals surface area (Å²) >= 11 is 0. The second-order valence-electron chi connectivity index (χ2n) is 16.2. The zero-order chi connectivity index (χ0) is 48.2. The molecule has 0 aromatic heterocycles. The normalized spacial score (nSPS) is 47.1. The molecular weight excluding hydrogens is 890 g/mol. The summed E-state index contributed by atoms with van der Waals surface area (Å²) in [6, 6.07) is -4.68. The average Bonchev–Trinajstić information content (AvgIpc) is 3.26. The van der Waals surface area contributed by atoms with Crippen molar-refractivity contribution in [3.05, 3.63) is 0 Å². The second kappa shape index (κ2) is 23.2. The van der Waals surface area contributed by atoms with Crippen LogP contribution in [0.5, 0.6) is 0 Å². The second-order valence-corrected chi connectivity index (χ2v) is 16.2. The molecule has 17 N–H and O–H groups in total. The topological polar surface area (TPSA) is 454 Å².